The number of carboxylic acids is 1. The molecule has 0 aromatic heterocycles. The van der Waals surface area contributed by atoms with Crippen LogP contribution in [0.3, 0.4) is 0 Å². The van der Waals surface area contributed by atoms with Crippen molar-refractivity contribution >= 4 is 11.9 Å². The molecule has 1 saturated heterocycles. The lowest BCUT2D eigenvalue weighted by Crippen LogP contribution is -2.39. The molecule has 1 saturated carbocycles. The molecule has 1 heterocycles. The van der Waals surface area contributed by atoms with E-state index in [0.29, 0.717) is 0 Å². The van der Waals surface area contributed by atoms with Crippen molar-refractivity contribution in [2.24, 2.45) is 11.8 Å². The first-order chi connectivity index (χ1) is 8.28. The molecule has 18 heavy (non-hydrogen) atoms. The Morgan fingerprint density at radius 2 is 1.67 bits per heavy atom. The smallest absolute Gasteiger partial charge is 0.314 e. The summed E-state index contributed by atoms with van der Waals surface area (Å²) in [6.45, 7) is 3.26. The van der Waals surface area contributed by atoms with E-state index in [1.54, 1.807) is 13.8 Å². The molecule has 0 radical (unpaired) electrons. The molecule has 0 unspecified atom stereocenters. The second kappa shape index (κ2) is 4.18. The molecule has 0 aromatic rings. The minimum absolute atomic E-state index is 0.692. The maximum atomic E-state index is 11.6. The van der Waals surface area contributed by atoms with Crippen molar-refractivity contribution in [2.45, 2.75) is 37.9 Å². The SMILES string of the molecule is COC(=O)[C@H]1[C@@H](O)[C@@H](C(=O)O)[C@@H]2OC(C)(C)O[C@@H]21. The Balaban J connectivity index is 2.33. The number of methoxy groups -OCH3 is 1. The zero-order valence-electron chi connectivity index (χ0n) is 10.3. The number of aliphatic carboxylic acids is 1. The Hall–Kier alpha value is -1.18. The van der Waals surface area contributed by atoms with Gasteiger partial charge in [-0.05, 0) is 13.8 Å². The number of aliphatic hydroxyl groups excluding tert-OH is 1. The van der Waals surface area contributed by atoms with Gasteiger partial charge in [-0.2, -0.15) is 0 Å². The highest BCUT2D eigenvalue weighted by atomic mass is 16.8. The minimum atomic E-state index is -1.37. The molecule has 0 amide bonds. The van der Waals surface area contributed by atoms with Gasteiger partial charge < -0.3 is 24.4 Å². The predicted octanol–water partition coefficient (Wildman–Crippen LogP) is -0.629. The normalized spacial score (nSPS) is 41.4. The topological polar surface area (TPSA) is 102 Å². The number of ether oxygens (including phenoxy) is 3. The molecular weight excluding hydrogens is 244 g/mol. The van der Waals surface area contributed by atoms with E-state index in [0.717, 1.165) is 0 Å². The van der Waals surface area contributed by atoms with Gasteiger partial charge in [0.2, 0.25) is 0 Å². The van der Waals surface area contributed by atoms with Crippen molar-refractivity contribution < 1.29 is 34.0 Å². The van der Waals surface area contributed by atoms with Gasteiger partial charge in [0.25, 0.3) is 0 Å². The van der Waals surface area contributed by atoms with Gasteiger partial charge in [0.1, 0.15) is 24.0 Å². The van der Waals surface area contributed by atoms with Gasteiger partial charge >= 0.3 is 11.9 Å². The molecule has 2 aliphatic rings. The van der Waals surface area contributed by atoms with Gasteiger partial charge in [-0.25, -0.2) is 0 Å². The number of carboxylic acid groups (broad SMARTS) is 1. The summed E-state index contributed by atoms with van der Waals surface area (Å²) in [5.41, 5.74) is 0. The fraction of sp³-hybridized carbons (Fsp3) is 0.818. The summed E-state index contributed by atoms with van der Waals surface area (Å²) in [4.78, 5) is 22.8. The standard InChI is InChI=1S/C11H16O7/c1-11(2)17-7-4(9(13)14)6(12)5(8(7)18-11)10(15)16-3/h4-8,12H,1-3H3,(H,13,14)/t4-,5+,6+,7+,8-/m1/s1. The molecule has 2 N–H and O–H groups in total. The number of rotatable bonds is 2. The highest BCUT2D eigenvalue weighted by molar-refractivity contribution is 5.79. The Kier molecular flexibility index (Phi) is 3.08. The minimum Gasteiger partial charge on any atom is -0.481 e. The zero-order valence-corrected chi connectivity index (χ0v) is 10.3. The van der Waals surface area contributed by atoms with Crippen LogP contribution in [0.1, 0.15) is 13.8 Å². The summed E-state index contributed by atoms with van der Waals surface area (Å²) in [6.07, 6.45) is -3.03. The maximum Gasteiger partial charge on any atom is 0.314 e. The van der Waals surface area contributed by atoms with Gasteiger partial charge in [-0.1, -0.05) is 0 Å². The number of carbonyl (C=O) groups excluding carboxylic acids is 1. The monoisotopic (exact) mass is 260 g/mol. The Morgan fingerprint density at radius 3 is 2.11 bits per heavy atom. The third-order valence-corrected chi connectivity index (χ3v) is 3.37. The molecule has 5 atom stereocenters. The van der Waals surface area contributed by atoms with E-state index in [1.165, 1.54) is 7.11 Å². The molecule has 1 aliphatic carbocycles. The first-order valence-corrected chi connectivity index (χ1v) is 5.63. The Bertz CT molecular complexity index is 378. The molecule has 0 aromatic carbocycles. The van der Waals surface area contributed by atoms with E-state index in [2.05, 4.69) is 4.74 Å². The predicted molar refractivity (Wildman–Crippen MR) is 56.5 cm³/mol. The first-order valence-electron chi connectivity index (χ1n) is 5.63. The van der Waals surface area contributed by atoms with E-state index in [-0.39, 0.29) is 0 Å². The average Bonchev–Trinajstić information content (AvgIpc) is 2.65. The molecule has 2 rings (SSSR count). The van der Waals surface area contributed by atoms with Crippen LogP contribution in [-0.4, -0.2) is 53.4 Å². The number of esters is 1. The summed E-state index contributed by atoms with van der Waals surface area (Å²) >= 11 is 0. The number of fused-ring (bicyclic) bond motifs is 1. The number of hydrogen-bond acceptors (Lipinski definition) is 6. The molecule has 0 spiro atoms. The van der Waals surface area contributed by atoms with Crippen molar-refractivity contribution in [1.82, 2.24) is 0 Å². The fourth-order valence-corrected chi connectivity index (χ4v) is 2.68. The summed E-state index contributed by atoms with van der Waals surface area (Å²) < 4.78 is 15.6. The van der Waals surface area contributed by atoms with Crippen LogP contribution < -0.4 is 0 Å². The molecule has 0 bridgehead atoms. The van der Waals surface area contributed by atoms with Gasteiger partial charge in [0.05, 0.1) is 13.2 Å². The van der Waals surface area contributed by atoms with Gasteiger partial charge in [-0.3, -0.25) is 9.59 Å². The van der Waals surface area contributed by atoms with Gasteiger partial charge in [0.15, 0.2) is 5.79 Å². The third-order valence-electron chi connectivity index (χ3n) is 3.37. The van der Waals surface area contributed by atoms with Crippen LogP contribution in [0, 0.1) is 11.8 Å². The second-order valence-corrected chi connectivity index (χ2v) is 4.97. The van der Waals surface area contributed by atoms with Crippen molar-refractivity contribution in [2.75, 3.05) is 7.11 Å². The maximum absolute atomic E-state index is 11.6. The Labute approximate surface area is 104 Å². The molecule has 102 valence electrons. The average molecular weight is 260 g/mol. The van der Waals surface area contributed by atoms with Crippen LogP contribution >= 0.6 is 0 Å². The van der Waals surface area contributed by atoms with Gasteiger partial charge in [0, 0.05) is 0 Å². The number of aliphatic hydroxyl groups is 1. The summed E-state index contributed by atoms with van der Waals surface area (Å²) in [5, 5.41) is 19.1. The first kappa shape index (κ1) is 13.3. The lowest BCUT2D eigenvalue weighted by Gasteiger charge is -2.24. The Morgan fingerprint density at radius 1 is 1.17 bits per heavy atom. The van der Waals surface area contributed by atoms with Gasteiger partial charge in [-0.15, -0.1) is 0 Å². The quantitative estimate of drug-likeness (QED) is 0.637. The zero-order chi connectivity index (χ0) is 13.7. The molecule has 7 nitrogen and oxygen atoms in total. The van der Waals surface area contributed by atoms with Crippen LogP contribution in [0.4, 0.5) is 0 Å². The molecule has 2 fully saturated rings. The van der Waals surface area contributed by atoms with Crippen LogP contribution in [0.15, 0.2) is 0 Å². The van der Waals surface area contributed by atoms with Crippen molar-refractivity contribution in [3.63, 3.8) is 0 Å². The van der Waals surface area contributed by atoms with Crippen molar-refractivity contribution in [3.8, 4) is 0 Å². The van der Waals surface area contributed by atoms with Crippen LogP contribution in [-0.2, 0) is 23.8 Å². The highest BCUT2D eigenvalue weighted by Gasteiger charge is 2.63. The van der Waals surface area contributed by atoms with Crippen molar-refractivity contribution in [3.05, 3.63) is 0 Å². The van der Waals surface area contributed by atoms with Crippen LogP contribution in [0.2, 0.25) is 0 Å². The largest absolute Gasteiger partial charge is 0.481 e. The van der Waals surface area contributed by atoms with Crippen LogP contribution in [0.25, 0.3) is 0 Å². The second-order valence-electron chi connectivity index (χ2n) is 4.97. The van der Waals surface area contributed by atoms with E-state index < -0.39 is 47.9 Å². The highest BCUT2D eigenvalue weighted by Crippen LogP contribution is 2.45. The van der Waals surface area contributed by atoms with E-state index in [9.17, 15) is 14.7 Å². The summed E-state index contributed by atoms with van der Waals surface area (Å²) in [7, 11) is 1.18. The van der Waals surface area contributed by atoms with Crippen LogP contribution in [0.5, 0.6) is 0 Å². The molecule has 1 aliphatic heterocycles. The van der Waals surface area contributed by atoms with E-state index in [1.807, 2.05) is 0 Å². The van der Waals surface area contributed by atoms with E-state index in [4.69, 9.17) is 14.6 Å². The van der Waals surface area contributed by atoms with E-state index >= 15 is 0 Å². The lowest BCUT2D eigenvalue weighted by molar-refractivity contribution is -0.185. The summed E-state index contributed by atoms with van der Waals surface area (Å²) in [5.74, 6) is -5.12. The molecular formula is C11H16O7. The number of carbonyl (C=O) groups is 2. The number of hydrogen-bond donors (Lipinski definition) is 2. The molecule has 7 heteroatoms. The third kappa shape index (κ3) is 1.88. The van der Waals surface area contributed by atoms with Crippen molar-refractivity contribution in [1.29, 1.82) is 0 Å². The lowest BCUT2D eigenvalue weighted by atomic mass is 10.00. The fourth-order valence-electron chi connectivity index (χ4n) is 2.68. The summed E-state index contributed by atoms with van der Waals surface area (Å²) in [6, 6.07) is 0.